The van der Waals surface area contributed by atoms with Gasteiger partial charge in [0.15, 0.2) is 18.8 Å². The molecule has 0 bridgehead atoms. The monoisotopic (exact) mass is 362 g/mol. The molecule has 0 fully saturated rings. The van der Waals surface area contributed by atoms with Crippen molar-refractivity contribution in [1.82, 2.24) is 4.98 Å². The van der Waals surface area contributed by atoms with E-state index in [1.54, 1.807) is 36.5 Å². The number of hydrogen-bond donors (Lipinski definition) is 1. The average Bonchev–Trinajstić information content (AvgIpc) is 3.10. The molecular weight excluding hydrogens is 351 g/mol. The van der Waals surface area contributed by atoms with Crippen LogP contribution >= 0.6 is 23.2 Å². The van der Waals surface area contributed by atoms with Crippen molar-refractivity contribution in [1.29, 1.82) is 0 Å². The molecule has 3 aromatic rings. The van der Waals surface area contributed by atoms with E-state index in [1.165, 1.54) is 6.39 Å². The second kappa shape index (κ2) is 7.38. The first-order chi connectivity index (χ1) is 11.6. The van der Waals surface area contributed by atoms with Gasteiger partial charge in [-0.3, -0.25) is 4.79 Å². The molecule has 1 aromatic heterocycles. The average molecular weight is 363 g/mol. The summed E-state index contributed by atoms with van der Waals surface area (Å²) in [7, 11) is 0. The molecule has 3 rings (SSSR count). The number of aromatic nitrogens is 1. The van der Waals surface area contributed by atoms with Gasteiger partial charge < -0.3 is 14.5 Å². The van der Waals surface area contributed by atoms with Crippen molar-refractivity contribution in [3.63, 3.8) is 0 Å². The first-order valence-corrected chi connectivity index (χ1v) is 7.74. The molecule has 0 aliphatic rings. The van der Waals surface area contributed by atoms with Crippen LogP contribution in [0.5, 0.6) is 5.75 Å². The largest absolute Gasteiger partial charge is 0.482 e. The van der Waals surface area contributed by atoms with Gasteiger partial charge in [-0.25, -0.2) is 4.98 Å². The van der Waals surface area contributed by atoms with Gasteiger partial charge in [-0.15, -0.1) is 0 Å². The van der Waals surface area contributed by atoms with E-state index < -0.39 is 0 Å². The van der Waals surface area contributed by atoms with Crippen LogP contribution in [0.2, 0.25) is 10.0 Å². The maximum absolute atomic E-state index is 12.0. The highest BCUT2D eigenvalue weighted by Crippen LogP contribution is 2.27. The fraction of sp³-hybridized carbons (Fsp3) is 0.0588. The summed E-state index contributed by atoms with van der Waals surface area (Å²) in [5.41, 5.74) is 1.43. The third-order valence-corrected chi connectivity index (χ3v) is 3.66. The van der Waals surface area contributed by atoms with Gasteiger partial charge in [-0.05, 0) is 24.3 Å². The Balaban J connectivity index is 1.63. The molecule has 0 unspecified atom stereocenters. The molecule has 7 heteroatoms. The minimum Gasteiger partial charge on any atom is -0.482 e. The fourth-order valence-electron chi connectivity index (χ4n) is 2.04. The van der Waals surface area contributed by atoms with Crippen LogP contribution in [0, 0.1) is 0 Å². The first-order valence-electron chi connectivity index (χ1n) is 6.98. The summed E-state index contributed by atoms with van der Waals surface area (Å²) in [6.45, 7) is -0.188. The van der Waals surface area contributed by atoms with Gasteiger partial charge in [0.1, 0.15) is 5.75 Å². The summed E-state index contributed by atoms with van der Waals surface area (Å²) in [5.74, 6) is 0.656. The number of rotatable bonds is 5. The number of ether oxygens (including phenoxy) is 1. The van der Waals surface area contributed by atoms with Gasteiger partial charge in [0.25, 0.3) is 5.91 Å². The molecule has 0 saturated carbocycles. The van der Waals surface area contributed by atoms with Crippen LogP contribution in [0.15, 0.2) is 59.5 Å². The molecule has 0 saturated heterocycles. The van der Waals surface area contributed by atoms with E-state index in [9.17, 15) is 4.79 Å². The Morgan fingerprint density at radius 2 is 2.08 bits per heavy atom. The zero-order chi connectivity index (χ0) is 16.9. The number of hydrogen-bond acceptors (Lipinski definition) is 4. The molecular formula is C17H12Cl2N2O3. The third-order valence-electron chi connectivity index (χ3n) is 3.12. The lowest BCUT2D eigenvalue weighted by Crippen LogP contribution is -2.20. The highest BCUT2D eigenvalue weighted by atomic mass is 35.5. The zero-order valence-electron chi connectivity index (χ0n) is 12.3. The Labute approximate surface area is 148 Å². The van der Waals surface area contributed by atoms with Gasteiger partial charge >= 0.3 is 0 Å². The van der Waals surface area contributed by atoms with E-state index in [0.717, 1.165) is 5.56 Å². The summed E-state index contributed by atoms with van der Waals surface area (Å²) in [4.78, 5) is 15.9. The van der Waals surface area contributed by atoms with E-state index in [1.807, 2.05) is 12.1 Å². The summed E-state index contributed by atoms with van der Waals surface area (Å²) in [5, 5.41) is 3.62. The predicted molar refractivity (Wildman–Crippen MR) is 92.5 cm³/mol. The highest BCUT2D eigenvalue weighted by molar-refractivity contribution is 6.34. The summed E-state index contributed by atoms with van der Waals surface area (Å²) in [6.07, 6.45) is 2.95. The van der Waals surface area contributed by atoms with E-state index in [2.05, 4.69) is 10.3 Å². The predicted octanol–water partition coefficient (Wildman–Crippen LogP) is 4.67. The first kappa shape index (κ1) is 16.4. The molecule has 0 spiro atoms. The molecule has 0 radical (unpaired) electrons. The lowest BCUT2D eigenvalue weighted by molar-refractivity contribution is -0.118. The van der Waals surface area contributed by atoms with Crippen LogP contribution in [0.4, 0.5) is 5.69 Å². The molecule has 2 aromatic carbocycles. The second-order valence-electron chi connectivity index (χ2n) is 4.86. The minimum absolute atomic E-state index is 0.188. The molecule has 0 aliphatic heterocycles. The van der Waals surface area contributed by atoms with Crippen molar-refractivity contribution < 1.29 is 13.9 Å². The van der Waals surface area contributed by atoms with Crippen LogP contribution in [0.25, 0.3) is 11.3 Å². The topological polar surface area (TPSA) is 64.4 Å². The Hall–Kier alpha value is -2.50. The lowest BCUT2D eigenvalue weighted by Gasteiger charge is -2.09. The maximum atomic E-state index is 12.0. The maximum Gasteiger partial charge on any atom is 0.262 e. The number of benzene rings is 2. The lowest BCUT2D eigenvalue weighted by atomic mass is 10.1. The quantitative estimate of drug-likeness (QED) is 0.716. The number of carbonyl (C=O) groups is 1. The van der Waals surface area contributed by atoms with Crippen molar-refractivity contribution in [2.24, 2.45) is 0 Å². The van der Waals surface area contributed by atoms with E-state index in [4.69, 9.17) is 32.4 Å². The van der Waals surface area contributed by atoms with Crippen molar-refractivity contribution in [2.45, 2.75) is 0 Å². The zero-order valence-corrected chi connectivity index (χ0v) is 13.8. The van der Waals surface area contributed by atoms with Gasteiger partial charge in [0.05, 0.1) is 11.2 Å². The van der Waals surface area contributed by atoms with Crippen LogP contribution in [-0.4, -0.2) is 17.5 Å². The van der Waals surface area contributed by atoms with Crippen LogP contribution in [0.3, 0.4) is 0 Å². The summed E-state index contributed by atoms with van der Waals surface area (Å²) < 4.78 is 10.6. The van der Waals surface area contributed by atoms with Crippen LogP contribution in [0.1, 0.15) is 0 Å². The standard InChI is InChI=1S/C17H12Cl2N2O3/c18-12-4-5-14(19)15(7-12)23-9-17(22)21-13-3-1-2-11(6-13)16-8-20-10-24-16/h1-8,10H,9H2,(H,21,22). The molecule has 1 amide bonds. The van der Waals surface area contributed by atoms with Crippen molar-refractivity contribution in [2.75, 3.05) is 11.9 Å². The molecule has 24 heavy (non-hydrogen) atoms. The fourth-order valence-corrected chi connectivity index (χ4v) is 2.37. The number of carbonyl (C=O) groups excluding carboxylic acids is 1. The number of nitrogens with zero attached hydrogens (tertiary/aromatic N) is 1. The van der Waals surface area contributed by atoms with Gasteiger partial charge in [0.2, 0.25) is 0 Å². The highest BCUT2D eigenvalue weighted by Gasteiger charge is 2.08. The Morgan fingerprint density at radius 1 is 1.21 bits per heavy atom. The molecule has 1 heterocycles. The van der Waals surface area contributed by atoms with Gasteiger partial charge in [-0.2, -0.15) is 0 Å². The minimum atomic E-state index is -0.319. The Kier molecular flexibility index (Phi) is 5.03. The van der Waals surface area contributed by atoms with Crippen molar-refractivity contribution in [3.8, 4) is 17.1 Å². The number of oxazole rings is 1. The summed E-state index contributed by atoms with van der Waals surface area (Å²) >= 11 is 11.9. The van der Waals surface area contributed by atoms with Crippen LogP contribution < -0.4 is 10.1 Å². The van der Waals surface area contributed by atoms with Crippen molar-refractivity contribution in [3.05, 3.63) is 65.1 Å². The number of anilines is 1. The van der Waals surface area contributed by atoms with E-state index in [-0.39, 0.29) is 12.5 Å². The van der Waals surface area contributed by atoms with Gasteiger partial charge in [0, 0.05) is 22.3 Å². The molecule has 0 aliphatic carbocycles. The Morgan fingerprint density at radius 3 is 2.88 bits per heavy atom. The van der Waals surface area contributed by atoms with Crippen LogP contribution in [-0.2, 0) is 4.79 Å². The smallest absolute Gasteiger partial charge is 0.262 e. The molecule has 1 N–H and O–H groups in total. The van der Waals surface area contributed by atoms with Gasteiger partial charge in [-0.1, -0.05) is 35.3 Å². The van der Waals surface area contributed by atoms with E-state index >= 15 is 0 Å². The third kappa shape index (κ3) is 4.07. The second-order valence-corrected chi connectivity index (χ2v) is 5.70. The SMILES string of the molecule is O=C(COc1cc(Cl)ccc1Cl)Nc1cccc(-c2cnco2)c1. The number of halogens is 2. The molecule has 0 atom stereocenters. The number of amides is 1. The van der Waals surface area contributed by atoms with Crippen molar-refractivity contribution >= 4 is 34.8 Å². The molecule has 5 nitrogen and oxygen atoms in total. The Bertz CT molecular complexity index is 851. The number of nitrogens with one attached hydrogen (secondary N) is 1. The summed E-state index contributed by atoms with van der Waals surface area (Å²) in [6, 6.07) is 12.0. The normalized spacial score (nSPS) is 10.4. The molecule has 122 valence electrons. The van der Waals surface area contributed by atoms with E-state index in [0.29, 0.717) is 27.2 Å².